The Morgan fingerprint density at radius 3 is 2.76 bits per heavy atom. The molecule has 2 aromatic heterocycles. The lowest BCUT2D eigenvalue weighted by Gasteiger charge is -2.33. The summed E-state index contributed by atoms with van der Waals surface area (Å²) in [5.41, 5.74) is 3.83. The molecular weight excluding hydrogens is 318 g/mol. The van der Waals surface area contributed by atoms with Crippen LogP contribution >= 0.6 is 0 Å². The van der Waals surface area contributed by atoms with Crippen molar-refractivity contribution in [3.05, 3.63) is 51.7 Å². The molecule has 7 heteroatoms. The third-order valence-corrected chi connectivity index (χ3v) is 4.84. The number of carbonyl (C=O) groups is 1. The molecule has 0 saturated carbocycles. The van der Waals surface area contributed by atoms with Gasteiger partial charge in [0.25, 0.3) is 5.91 Å². The van der Waals surface area contributed by atoms with E-state index in [1.54, 1.807) is 18.2 Å². The smallest absolute Gasteiger partial charge is 0.323 e. The van der Waals surface area contributed by atoms with Crippen LogP contribution in [0, 0.1) is 13.8 Å². The van der Waals surface area contributed by atoms with Gasteiger partial charge in [-0.05, 0) is 51.0 Å². The van der Waals surface area contributed by atoms with Gasteiger partial charge in [0.05, 0.1) is 22.8 Å². The van der Waals surface area contributed by atoms with Crippen LogP contribution in [0.5, 0.6) is 0 Å². The van der Waals surface area contributed by atoms with Gasteiger partial charge in [0.1, 0.15) is 0 Å². The third-order valence-electron chi connectivity index (χ3n) is 4.84. The minimum atomic E-state index is -0.262. The van der Waals surface area contributed by atoms with E-state index >= 15 is 0 Å². The lowest BCUT2D eigenvalue weighted by molar-refractivity contribution is 0.0671. The van der Waals surface area contributed by atoms with Crippen LogP contribution in [0.25, 0.3) is 11.0 Å². The molecular formula is C18H21N5O2. The number of likely N-dealkylation sites (tertiary alicyclic amines) is 1. The number of imidazole rings is 1. The first-order valence-electron chi connectivity index (χ1n) is 8.55. The summed E-state index contributed by atoms with van der Waals surface area (Å²) in [6.07, 6.45) is 1.98. The van der Waals surface area contributed by atoms with Gasteiger partial charge in [0, 0.05) is 24.3 Å². The van der Waals surface area contributed by atoms with Crippen molar-refractivity contribution in [3.63, 3.8) is 0 Å². The zero-order chi connectivity index (χ0) is 17.6. The Labute approximate surface area is 144 Å². The lowest BCUT2D eigenvalue weighted by Crippen LogP contribution is -2.41. The summed E-state index contributed by atoms with van der Waals surface area (Å²) in [4.78, 5) is 31.6. The molecule has 1 saturated heterocycles. The van der Waals surface area contributed by atoms with E-state index in [4.69, 9.17) is 0 Å². The molecule has 7 nitrogen and oxygen atoms in total. The quantitative estimate of drug-likeness (QED) is 0.750. The normalized spacial score (nSPS) is 18.0. The summed E-state index contributed by atoms with van der Waals surface area (Å²) in [6, 6.07) is 7.55. The highest BCUT2D eigenvalue weighted by Gasteiger charge is 2.27. The van der Waals surface area contributed by atoms with Crippen molar-refractivity contribution in [3.8, 4) is 0 Å². The van der Waals surface area contributed by atoms with Crippen LogP contribution in [-0.2, 0) is 0 Å². The topological polar surface area (TPSA) is 86.8 Å². The highest BCUT2D eigenvalue weighted by molar-refractivity contribution is 5.97. The van der Waals surface area contributed by atoms with E-state index in [9.17, 15) is 9.59 Å². The summed E-state index contributed by atoms with van der Waals surface area (Å²) in [6.45, 7) is 5.44. The number of aromatic amines is 2. The fourth-order valence-corrected chi connectivity index (χ4v) is 3.70. The Morgan fingerprint density at radius 1 is 1.20 bits per heavy atom. The number of piperidine rings is 1. The maximum atomic E-state index is 12.9. The maximum Gasteiger partial charge on any atom is 0.323 e. The van der Waals surface area contributed by atoms with Crippen molar-refractivity contribution >= 4 is 16.9 Å². The first kappa shape index (κ1) is 15.7. The Hall–Kier alpha value is -2.83. The van der Waals surface area contributed by atoms with Gasteiger partial charge in [-0.1, -0.05) is 0 Å². The summed E-state index contributed by atoms with van der Waals surface area (Å²) < 4.78 is 2.04. The number of aromatic nitrogens is 4. The molecule has 1 atom stereocenters. The number of fused-ring (bicyclic) bond motifs is 1. The van der Waals surface area contributed by atoms with Crippen LogP contribution < -0.4 is 5.69 Å². The molecule has 1 aliphatic rings. The van der Waals surface area contributed by atoms with E-state index in [0.29, 0.717) is 23.1 Å². The standard InChI is InChI=1S/C18H21N5O2/c1-11-8-12(2)23(21-11)14-4-3-7-22(10-14)17(24)13-5-6-15-16(9-13)20-18(25)19-15/h5-6,8-9,14H,3-4,7,10H2,1-2H3,(H2,19,20,25)/t14-/m1/s1. The molecule has 0 bridgehead atoms. The molecule has 25 heavy (non-hydrogen) atoms. The predicted octanol–water partition coefficient (Wildman–Crippen LogP) is 2.15. The molecule has 1 fully saturated rings. The van der Waals surface area contributed by atoms with E-state index in [1.807, 2.05) is 16.5 Å². The molecule has 130 valence electrons. The average Bonchev–Trinajstić information content (AvgIpc) is 3.14. The van der Waals surface area contributed by atoms with Crippen LogP contribution in [-0.4, -0.2) is 43.6 Å². The second kappa shape index (κ2) is 5.91. The molecule has 2 N–H and O–H groups in total. The Kier molecular flexibility index (Phi) is 3.71. The molecule has 4 rings (SSSR count). The fourth-order valence-electron chi connectivity index (χ4n) is 3.70. The van der Waals surface area contributed by atoms with Gasteiger partial charge in [-0.25, -0.2) is 4.79 Å². The first-order chi connectivity index (χ1) is 12.0. The van der Waals surface area contributed by atoms with E-state index < -0.39 is 0 Å². The number of H-pyrrole nitrogens is 2. The number of hydrogen-bond acceptors (Lipinski definition) is 3. The minimum Gasteiger partial charge on any atom is -0.337 e. The largest absolute Gasteiger partial charge is 0.337 e. The van der Waals surface area contributed by atoms with Crippen LogP contribution in [0.3, 0.4) is 0 Å². The van der Waals surface area contributed by atoms with Gasteiger partial charge in [0.15, 0.2) is 0 Å². The first-order valence-corrected chi connectivity index (χ1v) is 8.55. The molecule has 1 aliphatic heterocycles. The predicted molar refractivity (Wildman–Crippen MR) is 94.8 cm³/mol. The summed E-state index contributed by atoms with van der Waals surface area (Å²) >= 11 is 0. The van der Waals surface area contributed by atoms with Gasteiger partial charge in [-0.2, -0.15) is 5.10 Å². The molecule has 3 aromatic rings. The Morgan fingerprint density at radius 2 is 2.00 bits per heavy atom. The van der Waals surface area contributed by atoms with Gasteiger partial charge in [-0.15, -0.1) is 0 Å². The van der Waals surface area contributed by atoms with E-state index in [0.717, 1.165) is 30.8 Å². The zero-order valence-electron chi connectivity index (χ0n) is 14.4. The molecule has 0 spiro atoms. The van der Waals surface area contributed by atoms with Gasteiger partial charge >= 0.3 is 5.69 Å². The maximum absolute atomic E-state index is 12.9. The molecule has 1 amide bonds. The zero-order valence-corrected chi connectivity index (χ0v) is 14.4. The van der Waals surface area contributed by atoms with E-state index in [2.05, 4.69) is 28.1 Å². The molecule has 0 unspecified atom stereocenters. The Bertz CT molecular complexity index is 996. The summed E-state index contributed by atoms with van der Waals surface area (Å²) in [5.74, 6) is -0.00446. The van der Waals surface area contributed by atoms with Crippen molar-refractivity contribution in [2.75, 3.05) is 13.1 Å². The van der Waals surface area contributed by atoms with Gasteiger partial charge < -0.3 is 14.9 Å². The number of rotatable bonds is 2. The van der Waals surface area contributed by atoms with Gasteiger partial charge in [0.2, 0.25) is 0 Å². The average molecular weight is 339 g/mol. The van der Waals surface area contributed by atoms with E-state index in [-0.39, 0.29) is 17.6 Å². The van der Waals surface area contributed by atoms with Crippen molar-refractivity contribution < 1.29 is 4.79 Å². The van der Waals surface area contributed by atoms with Crippen molar-refractivity contribution in [2.45, 2.75) is 32.7 Å². The van der Waals surface area contributed by atoms with Crippen LogP contribution in [0.15, 0.2) is 29.1 Å². The molecule has 3 heterocycles. The highest BCUT2D eigenvalue weighted by atomic mass is 16.2. The number of aryl methyl sites for hydroxylation is 2. The molecule has 0 aliphatic carbocycles. The lowest BCUT2D eigenvalue weighted by atomic mass is 10.0. The fraction of sp³-hybridized carbons (Fsp3) is 0.389. The molecule has 0 radical (unpaired) electrons. The number of nitrogens with one attached hydrogen (secondary N) is 2. The summed E-state index contributed by atoms with van der Waals surface area (Å²) in [7, 11) is 0. The van der Waals surface area contributed by atoms with Crippen molar-refractivity contribution in [2.24, 2.45) is 0 Å². The highest BCUT2D eigenvalue weighted by Crippen LogP contribution is 2.24. The number of benzene rings is 1. The Balaban J connectivity index is 1.58. The second-order valence-electron chi connectivity index (χ2n) is 6.76. The van der Waals surface area contributed by atoms with Crippen molar-refractivity contribution in [1.29, 1.82) is 0 Å². The monoisotopic (exact) mass is 339 g/mol. The number of nitrogens with zero attached hydrogens (tertiary/aromatic N) is 3. The number of hydrogen-bond donors (Lipinski definition) is 2. The number of amides is 1. The SMILES string of the molecule is Cc1cc(C)n([C@@H]2CCCN(C(=O)c3ccc4[nH]c(=O)[nH]c4c3)C2)n1. The van der Waals surface area contributed by atoms with Crippen molar-refractivity contribution in [1.82, 2.24) is 24.6 Å². The van der Waals surface area contributed by atoms with E-state index in [1.165, 1.54) is 0 Å². The third kappa shape index (κ3) is 2.86. The van der Waals surface area contributed by atoms with Crippen LogP contribution in [0.4, 0.5) is 0 Å². The number of carbonyl (C=O) groups excluding carboxylic acids is 1. The van der Waals surface area contributed by atoms with Gasteiger partial charge in [-0.3, -0.25) is 9.48 Å². The van der Waals surface area contributed by atoms with Crippen LogP contribution in [0.2, 0.25) is 0 Å². The minimum absolute atomic E-state index is 0.00446. The second-order valence-corrected chi connectivity index (χ2v) is 6.76. The summed E-state index contributed by atoms with van der Waals surface area (Å²) in [5, 5.41) is 4.58. The molecule has 1 aromatic carbocycles. The van der Waals surface area contributed by atoms with Crippen LogP contribution in [0.1, 0.15) is 40.6 Å².